The Morgan fingerprint density at radius 3 is 2.68 bits per heavy atom. The van der Waals surface area contributed by atoms with Gasteiger partial charge in [0.25, 0.3) is 5.91 Å². The van der Waals surface area contributed by atoms with Crippen molar-refractivity contribution < 1.29 is 9.59 Å². The van der Waals surface area contributed by atoms with Gasteiger partial charge in [-0.15, -0.1) is 11.8 Å². The second-order valence-electron chi connectivity index (χ2n) is 8.07. The molecule has 1 saturated carbocycles. The Balaban J connectivity index is 1.47. The van der Waals surface area contributed by atoms with E-state index in [2.05, 4.69) is 4.90 Å². The van der Waals surface area contributed by atoms with Gasteiger partial charge in [-0.3, -0.25) is 9.59 Å². The van der Waals surface area contributed by atoms with E-state index >= 15 is 0 Å². The van der Waals surface area contributed by atoms with Crippen molar-refractivity contribution in [2.75, 3.05) is 20.1 Å². The van der Waals surface area contributed by atoms with Gasteiger partial charge in [-0.1, -0.05) is 29.8 Å². The molecule has 150 valence electrons. The summed E-state index contributed by atoms with van der Waals surface area (Å²) >= 11 is 7.94. The molecule has 4 rings (SSSR count). The standard InChI is InChI=1S/C22H27ClN2O2S/c1-24-18-13-16(21(26)25-11-5-2-6-12-25)9-10-19(18)28-20(22(24)27)14-15-7-3-4-8-17(15)23/h3-4,7-8,14,16,18-19H,2,5-6,9-13H2,1H3/b20-14-. The fourth-order valence-corrected chi connectivity index (χ4v) is 6.29. The van der Waals surface area contributed by atoms with Gasteiger partial charge < -0.3 is 9.80 Å². The molecule has 6 heteroatoms. The highest BCUT2D eigenvalue weighted by Gasteiger charge is 2.43. The predicted molar refractivity (Wildman–Crippen MR) is 115 cm³/mol. The summed E-state index contributed by atoms with van der Waals surface area (Å²) in [6.07, 6.45) is 8.06. The molecule has 1 aromatic rings. The van der Waals surface area contributed by atoms with Gasteiger partial charge >= 0.3 is 0 Å². The van der Waals surface area contributed by atoms with Crippen molar-refractivity contribution >= 4 is 41.3 Å². The van der Waals surface area contributed by atoms with Gasteiger partial charge in [0.2, 0.25) is 5.91 Å². The first-order valence-corrected chi connectivity index (χ1v) is 11.5. The first kappa shape index (κ1) is 19.8. The second kappa shape index (κ2) is 8.50. The Bertz CT molecular complexity index is 790. The Kier molecular flexibility index (Phi) is 6.02. The van der Waals surface area contributed by atoms with Crippen molar-refractivity contribution in [3.05, 3.63) is 39.8 Å². The number of carbonyl (C=O) groups is 2. The van der Waals surface area contributed by atoms with Gasteiger partial charge in [-0.2, -0.15) is 0 Å². The first-order chi connectivity index (χ1) is 13.5. The van der Waals surface area contributed by atoms with Gasteiger partial charge in [-0.25, -0.2) is 0 Å². The number of rotatable bonds is 2. The van der Waals surface area contributed by atoms with Crippen molar-refractivity contribution in [2.45, 2.75) is 49.8 Å². The molecule has 1 aliphatic carbocycles. The van der Waals surface area contributed by atoms with E-state index in [-0.39, 0.29) is 17.9 Å². The van der Waals surface area contributed by atoms with Crippen LogP contribution in [-0.4, -0.2) is 53.0 Å². The summed E-state index contributed by atoms with van der Waals surface area (Å²) in [6, 6.07) is 7.73. The smallest absolute Gasteiger partial charge is 0.260 e. The number of piperidine rings is 1. The number of hydrogen-bond acceptors (Lipinski definition) is 3. The van der Waals surface area contributed by atoms with Gasteiger partial charge in [0.15, 0.2) is 0 Å². The summed E-state index contributed by atoms with van der Waals surface area (Å²) in [7, 11) is 1.88. The third-order valence-electron chi connectivity index (χ3n) is 6.27. The maximum Gasteiger partial charge on any atom is 0.260 e. The Hall–Kier alpha value is -1.46. The second-order valence-corrected chi connectivity index (χ2v) is 9.75. The molecule has 0 spiro atoms. The Morgan fingerprint density at radius 2 is 1.93 bits per heavy atom. The molecule has 4 nitrogen and oxygen atoms in total. The van der Waals surface area contributed by atoms with Crippen LogP contribution in [0.2, 0.25) is 5.02 Å². The summed E-state index contributed by atoms with van der Waals surface area (Å²) < 4.78 is 0. The van der Waals surface area contributed by atoms with E-state index in [1.165, 1.54) is 6.42 Å². The summed E-state index contributed by atoms with van der Waals surface area (Å²) in [5.74, 6) is 0.406. The largest absolute Gasteiger partial charge is 0.342 e. The highest BCUT2D eigenvalue weighted by molar-refractivity contribution is 8.04. The lowest BCUT2D eigenvalue weighted by Crippen LogP contribution is -2.53. The van der Waals surface area contributed by atoms with Crippen LogP contribution in [0.3, 0.4) is 0 Å². The fraction of sp³-hybridized carbons (Fsp3) is 0.545. The Labute approximate surface area is 176 Å². The molecule has 3 unspecified atom stereocenters. The average Bonchev–Trinajstić information content (AvgIpc) is 2.73. The molecule has 0 bridgehead atoms. The van der Waals surface area contributed by atoms with E-state index in [1.54, 1.807) is 11.8 Å². The van der Waals surface area contributed by atoms with Crippen LogP contribution in [0.15, 0.2) is 29.2 Å². The van der Waals surface area contributed by atoms with Crippen LogP contribution in [0, 0.1) is 5.92 Å². The molecule has 2 heterocycles. The van der Waals surface area contributed by atoms with E-state index in [0.29, 0.717) is 16.2 Å². The molecule has 0 radical (unpaired) electrons. The fourth-order valence-electron chi connectivity index (χ4n) is 4.63. The van der Waals surface area contributed by atoms with E-state index in [0.717, 1.165) is 55.7 Å². The lowest BCUT2D eigenvalue weighted by atomic mass is 9.83. The summed E-state index contributed by atoms with van der Waals surface area (Å²) in [4.78, 5) is 30.6. The molecule has 0 N–H and O–H groups in total. The minimum absolute atomic E-state index is 0.0391. The molecule has 28 heavy (non-hydrogen) atoms. The number of fused-ring (bicyclic) bond motifs is 1. The molecule has 3 fully saturated rings. The van der Waals surface area contributed by atoms with E-state index in [9.17, 15) is 9.59 Å². The number of nitrogens with zero attached hydrogens (tertiary/aromatic N) is 2. The molecule has 2 aliphatic heterocycles. The van der Waals surface area contributed by atoms with E-state index in [4.69, 9.17) is 11.6 Å². The van der Waals surface area contributed by atoms with Crippen LogP contribution in [0.5, 0.6) is 0 Å². The summed E-state index contributed by atoms with van der Waals surface area (Å²) in [5, 5.41) is 1.01. The van der Waals surface area contributed by atoms with Gasteiger partial charge in [0, 0.05) is 42.4 Å². The molecule has 0 aromatic heterocycles. The van der Waals surface area contributed by atoms with Crippen molar-refractivity contribution in [1.29, 1.82) is 0 Å². The highest BCUT2D eigenvalue weighted by atomic mass is 35.5. The number of amides is 2. The summed E-state index contributed by atoms with van der Waals surface area (Å²) in [5.41, 5.74) is 0.876. The number of benzene rings is 1. The van der Waals surface area contributed by atoms with Crippen LogP contribution >= 0.6 is 23.4 Å². The lowest BCUT2D eigenvalue weighted by Gasteiger charge is -2.45. The normalized spacial score (nSPS) is 29.7. The third-order valence-corrected chi connectivity index (χ3v) is 8.01. The SMILES string of the molecule is CN1C(=O)/C(=C/c2ccccc2Cl)SC2CCC(C(=O)N3CCCCC3)CC21. The maximum absolute atomic E-state index is 13.0. The van der Waals surface area contributed by atoms with Gasteiger partial charge in [-0.05, 0) is 56.2 Å². The van der Waals surface area contributed by atoms with Gasteiger partial charge in [0.1, 0.15) is 0 Å². The van der Waals surface area contributed by atoms with Crippen molar-refractivity contribution in [3.8, 4) is 0 Å². The zero-order valence-electron chi connectivity index (χ0n) is 16.3. The summed E-state index contributed by atoms with van der Waals surface area (Å²) in [6.45, 7) is 1.80. The molecule has 3 atom stereocenters. The quantitative estimate of drug-likeness (QED) is 0.667. The zero-order valence-corrected chi connectivity index (χ0v) is 17.8. The topological polar surface area (TPSA) is 40.6 Å². The van der Waals surface area contributed by atoms with Crippen molar-refractivity contribution in [1.82, 2.24) is 9.80 Å². The monoisotopic (exact) mass is 418 g/mol. The number of likely N-dealkylation sites (N-methyl/N-ethyl adjacent to an activating group) is 1. The van der Waals surface area contributed by atoms with Crippen LogP contribution in [-0.2, 0) is 9.59 Å². The van der Waals surface area contributed by atoms with E-state index < -0.39 is 0 Å². The highest BCUT2D eigenvalue weighted by Crippen LogP contribution is 2.44. The third kappa shape index (κ3) is 3.97. The number of halogens is 1. The maximum atomic E-state index is 13.0. The van der Waals surface area contributed by atoms with Gasteiger partial charge in [0.05, 0.1) is 4.91 Å². The van der Waals surface area contributed by atoms with Crippen LogP contribution in [0.4, 0.5) is 0 Å². The molecular weight excluding hydrogens is 392 g/mol. The average molecular weight is 419 g/mol. The lowest BCUT2D eigenvalue weighted by molar-refractivity contribution is -0.139. The Morgan fingerprint density at radius 1 is 1.18 bits per heavy atom. The zero-order chi connectivity index (χ0) is 19.7. The van der Waals surface area contributed by atoms with E-state index in [1.807, 2.05) is 42.3 Å². The number of likely N-dealkylation sites (tertiary alicyclic amines) is 1. The molecule has 1 aromatic carbocycles. The first-order valence-electron chi connectivity index (χ1n) is 10.2. The van der Waals surface area contributed by atoms with Crippen LogP contribution in [0.25, 0.3) is 6.08 Å². The molecule has 2 saturated heterocycles. The molecular formula is C22H27ClN2O2S. The predicted octanol–water partition coefficient (Wildman–Crippen LogP) is 4.44. The minimum Gasteiger partial charge on any atom is -0.342 e. The van der Waals surface area contributed by atoms with Crippen LogP contribution < -0.4 is 0 Å². The molecule has 2 amide bonds. The number of carbonyl (C=O) groups excluding carboxylic acids is 2. The minimum atomic E-state index is 0.0391. The van der Waals surface area contributed by atoms with Crippen molar-refractivity contribution in [3.63, 3.8) is 0 Å². The molecule has 3 aliphatic rings. The number of hydrogen-bond donors (Lipinski definition) is 0. The number of thioether (sulfide) groups is 1. The van der Waals surface area contributed by atoms with Crippen LogP contribution in [0.1, 0.15) is 44.1 Å². The van der Waals surface area contributed by atoms with Crippen molar-refractivity contribution in [2.24, 2.45) is 5.92 Å².